The van der Waals surface area contributed by atoms with Gasteiger partial charge in [0.1, 0.15) is 0 Å². The third-order valence-electron chi connectivity index (χ3n) is 0.613. The second kappa shape index (κ2) is 3.22. The van der Waals surface area contributed by atoms with Crippen LogP contribution in [0.15, 0.2) is 0 Å². The number of rotatable bonds is 1. The van der Waals surface area contributed by atoms with Gasteiger partial charge in [-0.2, -0.15) is 0 Å². The van der Waals surface area contributed by atoms with Gasteiger partial charge in [-0.15, -0.1) is 11.6 Å². The van der Waals surface area contributed by atoms with Crippen molar-refractivity contribution in [2.24, 2.45) is 0 Å². The number of thiocarbonyl (C=S) groups is 1. The van der Waals surface area contributed by atoms with E-state index in [1.807, 2.05) is 19.0 Å². The Morgan fingerprint density at radius 2 is 2.14 bits per heavy atom. The Balaban J connectivity index is 3.35. The van der Waals surface area contributed by atoms with Crippen molar-refractivity contribution >= 4 is 28.8 Å². The average Bonchev–Trinajstić information content (AvgIpc) is 1.65. The van der Waals surface area contributed by atoms with Crippen LogP contribution in [-0.4, -0.2) is 29.9 Å². The van der Waals surface area contributed by atoms with E-state index in [2.05, 4.69) is 0 Å². The molecule has 0 radical (unpaired) electrons. The zero-order valence-electron chi connectivity index (χ0n) is 4.44. The fraction of sp³-hybridized carbons (Fsp3) is 0.750. The molecule has 0 aliphatic carbocycles. The number of hydrogen-bond acceptors (Lipinski definition) is 1. The second-order valence-corrected chi connectivity index (χ2v) is 2.16. The van der Waals surface area contributed by atoms with Gasteiger partial charge < -0.3 is 4.90 Å². The smallest absolute Gasteiger partial charge is 0.0924 e. The van der Waals surface area contributed by atoms with Gasteiger partial charge in [0.25, 0.3) is 0 Å². The fourth-order valence-electron chi connectivity index (χ4n) is 0.120. The summed E-state index contributed by atoms with van der Waals surface area (Å²) in [5.41, 5.74) is 0. The standard InChI is InChI=1S/C4H8ClNS/c1-6(2)4(7)3-5/h3H2,1-2H3. The number of hydrogen-bond donors (Lipinski definition) is 0. The molecule has 0 aliphatic heterocycles. The largest absolute Gasteiger partial charge is 0.371 e. The lowest BCUT2D eigenvalue weighted by atomic mass is 10.7. The highest BCUT2D eigenvalue weighted by Crippen LogP contribution is 1.84. The van der Waals surface area contributed by atoms with Crippen molar-refractivity contribution in [1.29, 1.82) is 0 Å². The molecule has 3 heteroatoms. The van der Waals surface area contributed by atoms with Gasteiger partial charge >= 0.3 is 0 Å². The van der Waals surface area contributed by atoms with Crippen LogP contribution in [0.2, 0.25) is 0 Å². The fourth-order valence-corrected chi connectivity index (χ4v) is 0.359. The van der Waals surface area contributed by atoms with Crippen LogP contribution in [0.25, 0.3) is 0 Å². The molecule has 0 aliphatic rings. The van der Waals surface area contributed by atoms with E-state index in [1.54, 1.807) is 0 Å². The molecule has 0 aromatic carbocycles. The van der Waals surface area contributed by atoms with Crippen LogP contribution in [0, 0.1) is 0 Å². The summed E-state index contributed by atoms with van der Waals surface area (Å²) in [7, 11) is 3.76. The van der Waals surface area contributed by atoms with Gasteiger partial charge in [0, 0.05) is 14.1 Å². The lowest BCUT2D eigenvalue weighted by molar-refractivity contribution is 0.633. The number of halogens is 1. The molecule has 0 atom stereocenters. The molecule has 0 spiro atoms. The van der Waals surface area contributed by atoms with Crippen LogP contribution in [-0.2, 0) is 0 Å². The van der Waals surface area contributed by atoms with E-state index in [1.165, 1.54) is 0 Å². The molecule has 0 heterocycles. The second-order valence-electron chi connectivity index (χ2n) is 1.42. The summed E-state index contributed by atoms with van der Waals surface area (Å²) in [5.74, 6) is 0.447. The Bertz CT molecular complexity index is 72.1. The highest BCUT2D eigenvalue weighted by Gasteiger charge is 1.91. The molecule has 42 valence electrons. The lowest BCUT2D eigenvalue weighted by Crippen LogP contribution is -2.20. The summed E-state index contributed by atoms with van der Waals surface area (Å²) in [6, 6.07) is 0. The molecular formula is C4H8ClNS. The maximum absolute atomic E-state index is 5.36. The minimum atomic E-state index is 0.447. The van der Waals surface area contributed by atoms with Crippen molar-refractivity contribution in [3.63, 3.8) is 0 Å². The molecular weight excluding hydrogens is 130 g/mol. The predicted molar refractivity (Wildman–Crippen MR) is 37.0 cm³/mol. The summed E-state index contributed by atoms with van der Waals surface area (Å²) < 4.78 is 0. The molecule has 0 N–H and O–H groups in total. The van der Waals surface area contributed by atoms with Crippen LogP contribution in [0.5, 0.6) is 0 Å². The molecule has 0 rings (SSSR count). The third-order valence-corrected chi connectivity index (χ3v) is 1.53. The highest BCUT2D eigenvalue weighted by atomic mass is 35.5. The minimum absolute atomic E-state index is 0.447. The van der Waals surface area contributed by atoms with Gasteiger partial charge in [-0.05, 0) is 0 Å². The van der Waals surface area contributed by atoms with Gasteiger partial charge in [0.05, 0.1) is 10.9 Å². The summed E-state index contributed by atoms with van der Waals surface area (Å²) in [6.07, 6.45) is 0. The van der Waals surface area contributed by atoms with Gasteiger partial charge in [-0.1, -0.05) is 12.2 Å². The number of alkyl halides is 1. The molecule has 1 nitrogen and oxygen atoms in total. The Kier molecular flexibility index (Phi) is 3.30. The van der Waals surface area contributed by atoms with Crippen LogP contribution < -0.4 is 0 Å². The zero-order valence-corrected chi connectivity index (χ0v) is 6.01. The molecule has 0 saturated carbocycles. The predicted octanol–water partition coefficient (Wildman–Crippen LogP) is 1.11. The quantitative estimate of drug-likeness (QED) is 0.394. The van der Waals surface area contributed by atoms with Crippen molar-refractivity contribution in [3.05, 3.63) is 0 Å². The first-order valence-corrected chi connectivity index (χ1v) is 2.89. The first-order chi connectivity index (χ1) is 3.18. The molecule has 0 aromatic heterocycles. The molecule has 0 unspecified atom stereocenters. The Hall–Kier alpha value is 0.180. The molecule has 0 saturated heterocycles. The van der Waals surface area contributed by atoms with Crippen LogP contribution in [0.1, 0.15) is 0 Å². The van der Waals surface area contributed by atoms with Crippen LogP contribution in [0.4, 0.5) is 0 Å². The molecule has 0 fully saturated rings. The normalized spacial score (nSPS) is 8.43. The third kappa shape index (κ3) is 2.83. The van der Waals surface area contributed by atoms with Crippen molar-refractivity contribution in [3.8, 4) is 0 Å². The maximum Gasteiger partial charge on any atom is 0.0924 e. The first-order valence-electron chi connectivity index (χ1n) is 1.94. The van der Waals surface area contributed by atoms with Gasteiger partial charge in [0.15, 0.2) is 0 Å². The van der Waals surface area contributed by atoms with E-state index in [9.17, 15) is 0 Å². The van der Waals surface area contributed by atoms with Crippen LogP contribution in [0.3, 0.4) is 0 Å². The monoisotopic (exact) mass is 137 g/mol. The zero-order chi connectivity index (χ0) is 5.86. The Labute approximate surface area is 54.3 Å². The minimum Gasteiger partial charge on any atom is -0.371 e. The summed E-state index contributed by atoms with van der Waals surface area (Å²) in [6.45, 7) is 0. The van der Waals surface area contributed by atoms with E-state index >= 15 is 0 Å². The SMILES string of the molecule is CN(C)C(=S)CCl. The molecule has 0 bridgehead atoms. The topological polar surface area (TPSA) is 3.24 Å². The average molecular weight is 138 g/mol. The van der Waals surface area contributed by atoms with E-state index in [0.29, 0.717) is 5.88 Å². The van der Waals surface area contributed by atoms with Crippen molar-refractivity contribution < 1.29 is 0 Å². The van der Waals surface area contributed by atoms with E-state index in [0.717, 1.165) is 4.99 Å². The maximum atomic E-state index is 5.36. The molecule has 0 amide bonds. The van der Waals surface area contributed by atoms with Crippen molar-refractivity contribution in [1.82, 2.24) is 4.90 Å². The van der Waals surface area contributed by atoms with E-state index in [-0.39, 0.29) is 0 Å². The van der Waals surface area contributed by atoms with E-state index in [4.69, 9.17) is 23.8 Å². The lowest BCUT2D eigenvalue weighted by Gasteiger charge is -2.08. The molecule has 7 heavy (non-hydrogen) atoms. The Morgan fingerprint density at radius 1 is 1.71 bits per heavy atom. The van der Waals surface area contributed by atoms with E-state index < -0.39 is 0 Å². The summed E-state index contributed by atoms with van der Waals surface area (Å²) in [4.78, 5) is 2.60. The Morgan fingerprint density at radius 3 is 2.14 bits per heavy atom. The summed E-state index contributed by atoms with van der Waals surface area (Å²) in [5, 5.41) is 0. The van der Waals surface area contributed by atoms with Crippen LogP contribution >= 0.6 is 23.8 Å². The van der Waals surface area contributed by atoms with Gasteiger partial charge in [0.2, 0.25) is 0 Å². The first kappa shape index (κ1) is 7.18. The number of nitrogens with zero attached hydrogens (tertiary/aromatic N) is 1. The van der Waals surface area contributed by atoms with Crippen molar-refractivity contribution in [2.75, 3.05) is 20.0 Å². The summed E-state index contributed by atoms with van der Waals surface area (Å²) >= 11 is 10.1. The molecule has 0 aromatic rings. The highest BCUT2D eigenvalue weighted by molar-refractivity contribution is 7.80. The van der Waals surface area contributed by atoms with Crippen molar-refractivity contribution in [2.45, 2.75) is 0 Å². The van der Waals surface area contributed by atoms with Gasteiger partial charge in [-0.3, -0.25) is 0 Å². The van der Waals surface area contributed by atoms with Gasteiger partial charge in [-0.25, -0.2) is 0 Å².